The van der Waals surface area contributed by atoms with Gasteiger partial charge in [-0.15, -0.1) is 11.8 Å². The Morgan fingerprint density at radius 1 is 0.958 bits per heavy atom. The Morgan fingerprint density at radius 3 is 2.33 bits per heavy atom. The van der Waals surface area contributed by atoms with Crippen LogP contribution in [0.25, 0.3) is 0 Å². The zero-order valence-electron chi connectivity index (χ0n) is 12.5. The molecule has 0 aliphatic heterocycles. The number of thioether (sulfide) groups is 1. The number of hydrogen-bond donors (Lipinski definition) is 2. The summed E-state index contributed by atoms with van der Waals surface area (Å²) >= 11 is 0.980. The maximum absolute atomic E-state index is 13.7. The molecule has 2 N–H and O–H groups in total. The van der Waals surface area contributed by atoms with Gasteiger partial charge in [0.05, 0.1) is 11.4 Å². The van der Waals surface area contributed by atoms with Crippen molar-refractivity contribution >= 4 is 35.0 Å². The minimum Gasteiger partial charge on any atom is -0.326 e. The van der Waals surface area contributed by atoms with Gasteiger partial charge in [-0.3, -0.25) is 9.59 Å². The van der Waals surface area contributed by atoms with Gasteiger partial charge in [0.1, 0.15) is 5.82 Å². The maximum Gasteiger partial charge on any atom is 0.234 e. The van der Waals surface area contributed by atoms with Crippen LogP contribution in [0.15, 0.2) is 41.3 Å². The monoisotopic (exact) mass is 354 g/mol. The summed E-state index contributed by atoms with van der Waals surface area (Å²) < 4.78 is 39.6. The lowest BCUT2D eigenvalue weighted by molar-refractivity contribution is -0.114. The molecule has 24 heavy (non-hydrogen) atoms. The van der Waals surface area contributed by atoms with E-state index >= 15 is 0 Å². The molecule has 0 bridgehead atoms. The summed E-state index contributed by atoms with van der Waals surface area (Å²) in [5, 5.41) is 4.84. The first kappa shape index (κ1) is 17.9. The summed E-state index contributed by atoms with van der Waals surface area (Å²) in [7, 11) is 0. The summed E-state index contributed by atoms with van der Waals surface area (Å²) in [5.41, 5.74) is 0.254. The zero-order valence-corrected chi connectivity index (χ0v) is 13.3. The zero-order chi connectivity index (χ0) is 17.7. The van der Waals surface area contributed by atoms with Gasteiger partial charge in [-0.25, -0.2) is 13.2 Å². The molecule has 0 saturated carbocycles. The first-order chi connectivity index (χ1) is 11.3. The van der Waals surface area contributed by atoms with E-state index in [4.69, 9.17) is 0 Å². The van der Waals surface area contributed by atoms with E-state index in [1.807, 2.05) is 0 Å². The van der Waals surface area contributed by atoms with Crippen molar-refractivity contribution in [2.24, 2.45) is 0 Å². The van der Waals surface area contributed by atoms with Gasteiger partial charge in [-0.1, -0.05) is 0 Å². The molecule has 8 heteroatoms. The predicted octanol–water partition coefficient (Wildman–Crippen LogP) is 3.79. The van der Waals surface area contributed by atoms with Crippen LogP contribution in [0.3, 0.4) is 0 Å². The first-order valence-electron chi connectivity index (χ1n) is 6.80. The normalized spacial score (nSPS) is 10.3. The number of halogens is 3. The van der Waals surface area contributed by atoms with Crippen LogP contribution < -0.4 is 10.6 Å². The summed E-state index contributed by atoms with van der Waals surface area (Å²) in [6, 6.07) is 7.05. The molecule has 2 amide bonds. The number of carbonyl (C=O) groups is 2. The van der Waals surface area contributed by atoms with Crippen LogP contribution in [0.1, 0.15) is 6.92 Å². The Balaban J connectivity index is 1.98. The lowest BCUT2D eigenvalue weighted by Gasteiger charge is -2.09. The highest BCUT2D eigenvalue weighted by atomic mass is 32.2. The van der Waals surface area contributed by atoms with Crippen LogP contribution in [0.4, 0.5) is 24.5 Å². The Hall–Kier alpha value is -2.48. The fourth-order valence-corrected chi connectivity index (χ4v) is 2.52. The molecule has 0 aliphatic rings. The van der Waals surface area contributed by atoms with Gasteiger partial charge < -0.3 is 10.6 Å². The lowest BCUT2D eigenvalue weighted by atomic mass is 10.2. The molecular formula is C16H13F3N2O2S. The second-order valence-electron chi connectivity index (χ2n) is 4.79. The fourth-order valence-electron chi connectivity index (χ4n) is 1.80. The number of anilines is 2. The number of benzene rings is 2. The smallest absolute Gasteiger partial charge is 0.234 e. The van der Waals surface area contributed by atoms with Crippen LogP contribution in [0.2, 0.25) is 0 Å². The van der Waals surface area contributed by atoms with Gasteiger partial charge in [0.25, 0.3) is 0 Å². The van der Waals surface area contributed by atoms with E-state index in [1.165, 1.54) is 25.1 Å². The van der Waals surface area contributed by atoms with E-state index in [1.54, 1.807) is 0 Å². The van der Waals surface area contributed by atoms with E-state index < -0.39 is 23.4 Å². The predicted molar refractivity (Wildman–Crippen MR) is 86.4 cm³/mol. The molecule has 4 nitrogen and oxygen atoms in total. The molecule has 0 spiro atoms. The summed E-state index contributed by atoms with van der Waals surface area (Å²) in [6.45, 7) is 1.31. The van der Waals surface area contributed by atoms with Crippen molar-refractivity contribution in [3.8, 4) is 0 Å². The molecule has 0 heterocycles. The third kappa shape index (κ3) is 5.02. The third-order valence-electron chi connectivity index (χ3n) is 2.82. The topological polar surface area (TPSA) is 58.2 Å². The SMILES string of the molecule is CC(=O)Nc1ccc(F)c(NC(=O)CSc2ccc(F)c(F)c2)c1. The Bertz CT molecular complexity index is 784. The van der Waals surface area contributed by atoms with Gasteiger partial charge in [0.2, 0.25) is 11.8 Å². The molecule has 0 aliphatic carbocycles. The van der Waals surface area contributed by atoms with E-state index in [0.717, 1.165) is 30.0 Å². The second-order valence-corrected chi connectivity index (χ2v) is 5.84. The van der Waals surface area contributed by atoms with Crippen LogP contribution >= 0.6 is 11.8 Å². The highest BCUT2D eigenvalue weighted by molar-refractivity contribution is 8.00. The van der Waals surface area contributed by atoms with Gasteiger partial charge in [-0.05, 0) is 36.4 Å². The minimum atomic E-state index is -1.01. The van der Waals surface area contributed by atoms with Gasteiger partial charge in [0, 0.05) is 17.5 Å². The summed E-state index contributed by atoms with van der Waals surface area (Å²) in [4.78, 5) is 23.2. The van der Waals surface area contributed by atoms with Gasteiger partial charge >= 0.3 is 0 Å². The molecule has 0 radical (unpaired) electrons. The highest BCUT2D eigenvalue weighted by Crippen LogP contribution is 2.22. The van der Waals surface area contributed by atoms with Gasteiger partial charge in [0.15, 0.2) is 11.6 Å². The molecule has 0 aromatic heterocycles. The van der Waals surface area contributed by atoms with E-state index in [2.05, 4.69) is 10.6 Å². The molecule has 0 atom stereocenters. The molecule has 2 aromatic carbocycles. The third-order valence-corrected chi connectivity index (χ3v) is 3.82. The number of nitrogens with one attached hydrogen (secondary N) is 2. The van der Waals surface area contributed by atoms with Crippen molar-refractivity contribution in [2.75, 3.05) is 16.4 Å². The summed E-state index contributed by atoms with van der Waals surface area (Å²) in [6.07, 6.45) is 0. The van der Waals surface area contributed by atoms with Crippen LogP contribution in [-0.4, -0.2) is 17.6 Å². The fraction of sp³-hybridized carbons (Fsp3) is 0.125. The molecular weight excluding hydrogens is 341 g/mol. The van der Waals surface area contributed by atoms with E-state index in [0.29, 0.717) is 10.6 Å². The Labute approximate surface area is 140 Å². The number of carbonyl (C=O) groups excluding carboxylic acids is 2. The van der Waals surface area contributed by atoms with Crippen LogP contribution in [0.5, 0.6) is 0 Å². The first-order valence-corrected chi connectivity index (χ1v) is 7.78. The molecule has 0 unspecified atom stereocenters. The van der Waals surface area contributed by atoms with Crippen molar-refractivity contribution in [1.82, 2.24) is 0 Å². The molecule has 0 fully saturated rings. The molecule has 2 aromatic rings. The van der Waals surface area contributed by atoms with Crippen molar-refractivity contribution in [3.63, 3.8) is 0 Å². The maximum atomic E-state index is 13.7. The van der Waals surface area contributed by atoms with E-state index in [9.17, 15) is 22.8 Å². The van der Waals surface area contributed by atoms with Crippen molar-refractivity contribution < 1.29 is 22.8 Å². The standard InChI is InChI=1S/C16H13F3N2O2S/c1-9(22)20-10-2-4-13(18)15(6-10)21-16(23)8-24-11-3-5-12(17)14(19)7-11/h2-7H,8H2,1H3,(H,20,22)(H,21,23). The Kier molecular flexibility index (Phi) is 5.86. The molecule has 0 saturated heterocycles. The molecule has 2 rings (SSSR count). The Morgan fingerprint density at radius 2 is 1.67 bits per heavy atom. The van der Waals surface area contributed by atoms with Gasteiger partial charge in [-0.2, -0.15) is 0 Å². The largest absolute Gasteiger partial charge is 0.326 e. The second kappa shape index (κ2) is 7.87. The van der Waals surface area contributed by atoms with Crippen molar-refractivity contribution in [1.29, 1.82) is 0 Å². The number of hydrogen-bond acceptors (Lipinski definition) is 3. The highest BCUT2D eigenvalue weighted by Gasteiger charge is 2.10. The molecule has 126 valence electrons. The van der Waals surface area contributed by atoms with Crippen LogP contribution in [-0.2, 0) is 9.59 Å². The summed E-state index contributed by atoms with van der Waals surface area (Å²) in [5.74, 6) is -3.60. The number of rotatable bonds is 5. The minimum absolute atomic E-state index is 0.0860. The van der Waals surface area contributed by atoms with Crippen LogP contribution in [0, 0.1) is 17.5 Å². The quantitative estimate of drug-likeness (QED) is 0.803. The van der Waals surface area contributed by atoms with Crippen molar-refractivity contribution in [2.45, 2.75) is 11.8 Å². The number of amides is 2. The average Bonchev–Trinajstić information content (AvgIpc) is 2.51. The lowest BCUT2D eigenvalue weighted by Crippen LogP contribution is -2.15. The average molecular weight is 354 g/mol. The van der Waals surface area contributed by atoms with Crippen molar-refractivity contribution in [3.05, 3.63) is 53.8 Å². The van der Waals surface area contributed by atoms with E-state index in [-0.39, 0.29) is 17.3 Å².